The van der Waals surface area contributed by atoms with E-state index in [9.17, 15) is 0 Å². The van der Waals surface area contributed by atoms with Gasteiger partial charge in [-0.1, -0.05) is 25.0 Å². The zero-order valence-corrected chi connectivity index (χ0v) is 18.4. The van der Waals surface area contributed by atoms with E-state index in [4.69, 9.17) is 9.47 Å². The first-order chi connectivity index (χ1) is 14.3. The highest BCUT2D eigenvalue weighted by Gasteiger charge is 2.29. The first-order valence-corrected chi connectivity index (χ1v) is 12.1. The lowest BCUT2D eigenvalue weighted by Gasteiger charge is -2.38. The standard InChI is InChI=1S/C25H40N2O2/c1-2-28-24-10-5-7-22(17-24)19-26(20-25-11-6-16-29-25)18-21-12-14-27(15-13-21)23-8-3-4-9-23/h5,7,10,17,21,23,25H,2-4,6,8-9,11-16,18-20H2,1H3. The SMILES string of the molecule is CCOc1cccc(CN(CC2CCN(C3CCCC3)CC2)CC2CCCO2)c1. The lowest BCUT2D eigenvalue weighted by Crippen LogP contribution is -2.43. The van der Waals surface area contributed by atoms with Gasteiger partial charge in [0.1, 0.15) is 5.75 Å². The minimum Gasteiger partial charge on any atom is -0.494 e. The van der Waals surface area contributed by atoms with Gasteiger partial charge in [0.15, 0.2) is 0 Å². The lowest BCUT2D eigenvalue weighted by atomic mass is 9.94. The molecule has 3 aliphatic rings. The van der Waals surface area contributed by atoms with Gasteiger partial charge in [0.05, 0.1) is 12.7 Å². The molecule has 29 heavy (non-hydrogen) atoms. The van der Waals surface area contributed by atoms with Crippen molar-refractivity contribution >= 4 is 0 Å². The third-order valence-corrected chi connectivity index (χ3v) is 7.11. The molecular formula is C25H40N2O2. The highest BCUT2D eigenvalue weighted by molar-refractivity contribution is 5.28. The first-order valence-electron chi connectivity index (χ1n) is 12.1. The molecule has 0 aromatic heterocycles. The van der Waals surface area contributed by atoms with E-state index in [0.717, 1.165) is 44.0 Å². The van der Waals surface area contributed by atoms with E-state index in [1.165, 1.54) is 76.6 Å². The molecular weight excluding hydrogens is 360 g/mol. The van der Waals surface area contributed by atoms with E-state index in [2.05, 4.69) is 34.1 Å². The highest BCUT2D eigenvalue weighted by Crippen LogP contribution is 2.29. The molecule has 162 valence electrons. The molecule has 3 fully saturated rings. The second kappa shape index (κ2) is 10.8. The fraction of sp³-hybridized carbons (Fsp3) is 0.760. The van der Waals surface area contributed by atoms with Crippen molar-refractivity contribution in [1.29, 1.82) is 0 Å². The molecule has 0 bridgehead atoms. The topological polar surface area (TPSA) is 24.9 Å². The van der Waals surface area contributed by atoms with Crippen LogP contribution in [0.15, 0.2) is 24.3 Å². The largest absolute Gasteiger partial charge is 0.494 e. The summed E-state index contributed by atoms with van der Waals surface area (Å²) in [5.74, 6) is 1.82. The number of benzene rings is 1. The average Bonchev–Trinajstić information content (AvgIpc) is 3.43. The molecule has 1 aromatic carbocycles. The molecule has 2 saturated heterocycles. The van der Waals surface area contributed by atoms with Crippen LogP contribution in [0.25, 0.3) is 0 Å². The third kappa shape index (κ3) is 6.19. The fourth-order valence-electron chi connectivity index (χ4n) is 5.57. The van der Waals surface area contributed by atoms with Crippen LogP contribution in [0.5, 0.6) is 5.75 Å². The molecule has 1 unspecified atom stereocenters. The van der Waals surface area contributed by atoms with Crippen LogP contribution in [0.4, 0.5) is 0 Å². The Bertz CT molecular complexity index is 603. The minimum atomic E-state index is 0.420. The van der Waals surface area contributed by atoms with Crippen molar-refractivity contribution in [3.05, 3.63) is 29.8 Å². The van der Waals surface area contributed by atoms with E-state index < -0.39 is 0 Å². The number of ether oxygens (including phenoxy) is 2. The van der Waals surface area contributed by atoms with Gasteiger partial charge in [0, 0.05) is 32.3 Å². The van der Waals surface area contributed by atoms with Crippen LogP contribution >= 0.6 is 0 Å². The number of rotatable bonds is 9. The van der Waals surface area contributed by atoms with E-state index in [0.29, 0.717) is 6.10 Å². The zero-order valence-electron chi connectivity index (χ0n) is 18.4. The predicted octanol–water partition coefficient (Wildman–Crippen LogP) is 4.72. The van der Waals surface area contributed by atoms with Crippen LogP contribution in [0.3, 0.4) is 0 Å². The summed E-state index contributed by atoms with van der Waals surface area (Å²) in [7, 11) is 0. The number of hydrogen-bond acceptors (Lipinski definition) is 4. The van der Waals surface area contributed by atoms with Crippen molar-refractivity contribution in [3.8, 4) is 5.75 Å². The summed E-state index contributed by atoms with van der Waals surface area (Å²) >= 11 is 0. The van der Waals surface area contributed by atoms with E-state index >= 15 is 0 Å². The van der Waals surface area contributed by atoms with Gasteiger partial charge in [0.2, 0.25) is 0 Å². The Kier molecular flexibility index (Phi) is 7.87. The summed E-state index contributed by atoms with van der Waals surface area (Å²) in [6.45, 7) is 9.61. The second-order valence-corrected chi connectivity index (χ2v) is 9.33. The summed E-state index contributed by atoms with van der Waals surface area (Å²) in [5.41, 5.74) is 1.36. The van der Waals surface area contributed by atoms with Gasteiger partial charge in [-0.25, -0.2) is 0 Å². The summed E-state index contributed by atoms with van der Waals surface area (Å²) in [6, 6.07) is 9.55. The molecule has 1 aliphatic carbocycles. The fourth-order valence-corrected chi connectivity index (χ4v) is 5.57. The van der Waals surface area contributed by atoms with Crippen molar-refractivity contribution in [2.75, 3.05) is 39.4 Å². The molecule has 1 atom stereocenters. The molecule has 1 aromatic rings. The molecule has 4 nitrogen and oxygen atoms in total. The number of nitrogens with zero attached hydrogens (tertiary/aromatic N) is 2. The van der Waals surface area contributed by atoms with Crippen molar-refractivity contribution in [2.24, 2.45) is 5.92 Å². The Morgan fingerprint density at radius 1 is 1.03 bits per heavy atom. The van der Waals surface area contributed by atoms with E-state index in [1.54, 1.807) is 0 Å². The molecule has 0 spiro atoms. The van der Waals surface area contributed by atoms with Gasteiger partial charge < -0.3 is 14.4 Å². The van der Waals surface area contributed by atoms with Gasteiger partial charge >= 0.3 is 0 Å². The predicted molar refractivity (Wildman–Crippen MR) is 118 cm³/mol. The monoisotopic (exact) mass is 400 g/mol. The smallest absolute Gasteiger partial charge is 0.119 e. The van der Waals surface area contributed by atoms with Gasteiger partial charge in [-0.3, -0.25) is 4.90 Å². The normalized spacial score (nSPS) is 24.6. The molecule has 1 saturated carbocycles. The maximum Gasteiger partial charge on any atom is 0.119 e. The molecule has 0 amide bonds. The van der Waals surface area contributed by atoms with E-state index in [1.807, 2.05) is 6.92 Å². The minimum absolute atomic E-state index is 0.420. The van der Waals surface area contributed by atoms with Crippen LogP contribution in [0.2, 0.25) is 0 Å². The zero-order chi connectivity index (χ0) is 19.9. The molecule has 0 N–H and O–H groups in total. The average molecular weight is 401 g/mol. The second-order valence-electron chi connectivity index (χ2n) is 9.33. The van der Waals surface area contributed by atoms with Gasteiger partial charge in [0.25, 0.3) is 0 Å². The van der Waals surface area contributed by atoms with Crippen LogP contribution in [-0.4, -0.2) is 61.3 Å². The Hall–Kier alpha value is -1.10. The van der Waals surface area contributed by atoms with E-state index in [-0.39, 0.29) is 0 Å². The van der Waals surface area contributed by atoms with Crippen LogP contribution in [-0.2, 0) is 11.3 Å². The number of hydrogen-bond donors (Lipinski definition) is 0. The summed E-state index contributed by atoms with van der Waals surface area (Å²) in [5, 5.41) is 0. The first kappa shape index (κ1) is 21.1. The molecule has 2 heterocycles. The van der Waals surface area contributed by atoms with Crippen LogP contribution in [0, 0.1) is 5.92 Å². The van der Waals surface area contributed by atoms with Crippen molar-refractivity contribution in [3.63, 3.8) is 0 Å². The third-order valence-electron chi connectivity index (χ3n) is 7.11. The number of piperidine rings is 1. The Labute approximate surface area is 177 Å². The maximum absolute atomic E-state index is 5.98. The van der Waals surface area contributed by atoms with Crippen molar-refractivity contribution < 1.29 is 9.47 Å². The summed E-state index contributed by atoms with van der Waals surface area (Å²) < 4.78 is 11.7. The molecule has 4 rings (SSSR count). The van der Waals surface area contributed by atoms with Crippen LogP contribution in [0.1, 0.15) is 63.9 Å². The quantitative estimate of drug-likeness (QED) is 0.599. The summed E-state index contributed by atoms with van der Waals surface area (Å²) in [6.07, 6.45) is 11.3. The van der Waals surface area contributed by atoms with Crippen molar-refractivity contribution in [1.82, 2.24) is 9.80 Å². The van der Waals surface area contributed by atoms with Crippen molar-refractivity contribution in [2.45, 2.75) is 77.0 Å². The number of likely N-dealkylation sites (tertiary alicyclic amines) is 1. The maximum atomic E-state index is 5.98. The van der Waals surface area contributed by atoms with Crippen LogP contribution < -0.4 is 4.74 Å². The Morgan fingerprint density at radius 2 is 1.86 bits per heavy atom. The summed E-state index contributed by atoms with van der Waals surface area (Å²) in [4.78, 5) is 5.45. The molecule has 2 aliphatic heterocycles. The highest BCUT2D eigenvalue weighted by atomic mass is 16.5. The molecule has 0 radical (unpaired) electrons. The Balaban J connectivity index is 1.33. The van der Waals surface area contributed by atoms with Gasteiger partial charge in [-0.15, -0.1) is 0 Å². The van der Waals surface area contributed by atoms with Gasteiger partial charge in [-0.05, 0) is 82.2 Å². The Morgan fingerprint density at radius 3 is 2.59 bits per heavy atom. The lowest BCUT2D eigenvalue weighted by molar-refractivity contribution is 0.0540. The van der Waals surface area contributed by atoms with Gasteiger partial charge in [-0.2, -0.15) is 0 Å². The molecule has 4 heteroatoms.